The third kappa shape index (κ3) is 2.22. The second-order valence-electron chi connectivity index (χ2n) is 3.72. The average molecular weight is 448 g/mol. The van der Waals surface area contributed by atoms with Crippen LogP contribution in [0.1, 0.15) is 11.1 Å². The summed E-state index contributed by atoms with van der Waals surface area (Å²) in [5.74, 6) is 0. The Labute approximate surface area is 124 Å². The van der Waals surface area contributed by atoms with Crippen LogP contribution in [0.25, 0.3) is 6.08 Å². The SMILES string of the molecule is [Cl][Zr]([Cl])([Cl])[S]1=C2C(=Cc3ccccc32)C=C1Br. The van der Waals surface area contributed by atoms with Crippen molar-refractivity contribution >= 4 is 59.6 Å². The molecule has 88 valence electrons. The fourth-order valence-corrected chi connectivity index (χ4v) is 27.7. The van der Waals surface area contributed by atoms with Crippen molar-refractivity contribution in [3.63, 3.8) is 0 Å². The fraction of sp³-hybridized carbons (Fsp3) is 0. The van der Waals surface area contributed by atoms with Gasteiger partial charge in [-0.3, -0.25) is 0 Å². The molecule has 0 aromatic heterocycles. The molecule has 0 fully saturated rings. The van der Waals surface area contributed by atoms with Gasteiger partial charge in [0.1, 0.15) is 0 Å². The molecule has 6 heteroatoms. The van der Waals surface area contributed by atoms with Gasteiger partial charge in [-0.05, 0) is 0 Å². The second kappa shape index (κ2) is 4.61. The molecular formula is C11H6BrCl3SZr. The summed E-state index contributed by atoms with van der Waals surface area (Å²) in [5, 5.41) is 0. The molecule has 3 rings (SSSR count). The first-order chi connectivity index (χ1) is 7.98. The molecule has 0 spiro atoms. The van der Waals surface area contributed by atoms with E-state index in [1.165, 1.54) is 21.6 Å². The van der Waals surface area contributed by atoms with Gasteiger partial charge in [-0.25, -0.2) is 0 Å². The zero-order chi connectivity index (χ0) is 12.2. The van der Waals surface area contributed by atoms with Crippen molar-refractivity contribution < 1.29 is 15.2 Å². The number of allylic oxidation sites excluding steroid dienone is 2. The molecule has 1 aliphatic heterocycles. The van der Waals surface area contributed by atoms with Crippen molar-refractivity contribution in [2.45, 2.75) is 0 Å². The van der Waals surface area contributed by atoms with Crippen molar-refractivity contribution in [2.24, 2.45) is 0 Å². The van der Waals surface area contributed by atoms with Crippen LogP contribution in [-0.2, 0) is 15.2 Å². The average Bonchev–Trinajstić information content (AvgIpc) is 2.70. The van der Waals surface area contributed by atoms with E-state index in [1.807, 2.05) is 12.1 Å². The van der Waals surface area contributed by atoms with E-state index in [0.29, 0.717) is 0 Å². The molecule has 0 saturated carbocycles. The maximum absolute atomic E-state index is 6.30. The number of hydrogen-bond donors (Lipinski definition) is 0. The molecular weight excluding hydrogens is 442 g/mol. The van der Waals surface area contributed by atoms with Gasteiger partial charge in [0.05, 0.1) is 0 Å². The van der Waals surface area contributed by atoms with Gasteiger partial charge in [0.25, 0.3) is 0 Å². The summed E-state index contributed by atoms with van der Waals surface area (Å²) in [4.78, 5) is 1.23. The summed E-state index contributed by atoms with van der Waals surface area (Å²) in [7, 11) is 18.6. The molecule has 0 nitrogen and oxygen atoms in total. The van der Waals surface area contributed by atoms with Crippen LogP contribution in [0, 0.1) is 0 Å². The van der Waals surface area contributed by atoms with Crippen LogP contribution in [-0.4, -0.2) is 4.86 Å². The van der Waals surface area contributed by atoms with E-state index in [-0.39, 0.29) is 7.24 Å². The van der Waals surface area contributed by atoms with Crippen molar-refractivity contribution in [1.29, 1.82) is 0 Å². The van der Waals surface area contributed by atoms with E-state index in [2.05, 4.69) is 40.2 Å². The molecule has 0 bridgehead atoms. The van der Waals surface area contributed by atoms with Crippen LogP contribution in [0.15, 0.2) is 39.7 Å². The van der Waals surface area contributed by atoms with Gasteiger partial charge in [-0.15, -0.1) is 0 Å². The summed E-state index contributed by atoms with van der Waals surface area (Å²) in [6.07, 6.45) is 4.26. The molecule has 1 atom stereocenters. The van der Waals surface area contributed by atoms with E-state index in [1.54, 1.807) is 0 Å². The van der Waals surface area contributed by atoms with E-state index in [0.717, 1.165) is 3.81 Å². The summed E-state index contributed by atoms with van der Waals surface area (Å²) >= 11 is 0.00974. The fourth-order valence-electron chi connectivity index (χ4n) is 2.06. The molecule has 1 unspecified atom stereocenters. The Morgan fingerprint density at radius 3 is 2.47 bits per heavy atom. The monoisotopic (exact) mass is 444 g/mol. The summed E-state index contributed by atoms with van der Waals surface area (Å²) < 4.78 is 1.05. The van der Waals surface area contributed by atoms with E-state index >= 15 is 0 Å². The number of rotatable bonds is 1. The predicted molar refractivity (Wildman–Crippen MR) is 80.7 cm³/mol. The van der Waals surface area contributed by atoms with E-state index in [4.69, 9.17) is 25.5 Å². The molecule has 1 heterocycles. The van der Waals surface area contributed by atoms with Gasteiger partial charge < -0.3 is 0 Å². The summed E-state index contributed by atoms with van der Waals surface area (Å²) in [6.45, 7) is 0. The van der Waals surface area contributed by atoms with Gasteiger partial charge in [0, 0.05) is 0 Å². The Kier molecular flexibility index (Phi) is 3.57. The van der Waals surface area contributed by atoms with Crippen LogP contribution in [0.4, 0.5) is 0 Å². The molecule has 0 amide bonds. The van der Waals surface area contributed by atoms with Gasteiger partial charge >= 0.3 is 126 Å². The third-order valence-electron chi connectivity index (χ3n) is 2.68. The zero-order valence-corrected chi connectivity index (χ0v) is 15.5. The molecule has 0 N–H and O–H groups in total. The van der Waals surface area contributed by atoms with Gasteiger partial charge in [-0.1, -0.05) is 0 Å². The molecule has 1 aliphatic carbocycles. The Balaban J connectivity index is 2.31. The number of halogens is 4. The quantitative estimate of drug-likeness (QED) is 0.488. The van der Waals surface area contributed by atoms with Crippen LogP contribution in [0.2, 0.25) is 0 Å². The van der Waals surface area contributed by atoms with Crippen molar-refractivity contribution in [3.8, 4) is 0 Å². The summed E-state index contributed by atoms with van der Waals surface area (Å²) in [5.41, 5.74) is 3.65. The first kappa shape index (κ1) is 13.2. The van der Waals surface area contributed by atoms with E-state index < -0.39 is 15.2 Å². The minimum absolute atomic E-state index is 0.324. The number of hydrogen-bond acceptors (Lipinski definition) is 0. The molecule has 0 radical (unpaired) electrons. The first-order valence-electron chi connectivity index (χ1n) is 4.85. The van der Waals surface area contributed by atoms with Gasteiger partial charge in [0.15, 0.2) is 0 Å². The predicted octanol–water partition coefficient (Wildman–Crippen LogP) is 5.65. The Morgan fingerprint density at radius 2 is 1.76 bits per heavy atom. The molecule has 0 saturated heterocycles. The van der Waals surface area contributed by atoms with Crippen molar-refractivity contribution in [2.75, 3.05) is 0 Å². The third-order valence-corrected chi connectivity index (χ3v) is 22.7. The Bertz CT molecular complexity index is 613. The Morgan fingerprint density at radius 1 is 1.06 bits per heavy atom. The van der Waals surface area contributed by atoms with E-state index in [9.17, 15) is 0 Å². The minimum atomic E-state index is -3.55. The maximum atomic E-state index is 6.30. The Hall–Kier alpha value is 1.15. The topological polar surface area (TPSA) is 0 Å². The molecule has 1 aromatic rings. The van der Waals surface area contributed by atoms with Gasteiger partial charge in [-0.2, -0.15) is 0 Å². The standard InChI is InChI=1S/C11H6BrS.3ClH.Zr/c12-10-6-8-5-7-3-1-2-4-9(7)11(8)13-10;;;;/h1-6H;3*1H;/q+1;;;;+2/p-3. The zero-order valence-electron chi connectivity index (χ0n) is 8.38. The second-order valence-corrected chi connectivity index (χ2v) is 32.9. The number of fused-ring (bicyclic) bond motifs is 3. The normalized spacial score (nSPS) is 22.1. The molecule has 2 aliphatic rings. The molecule has 17 heavy (non-hydrogen) atoms. The summed E-state index contributed by atoms with van der Waals surface area (Å²) in [6, 6.07) is 8.28. The van der Waals surface area contributed by atoms with Crippen LogP contribution >= 0.6 is 48.7 Å². The van der Waals surface area contributed by atoms with Gasteiger partial charge in [0.2, 0.25) is 0 Å². The molecule has 1 aromatic carbocycles. The van der Waals surface area contributed by atoms with Crippen molar-refractivity contribution in [1.82, 2.24) is 0 Å². The van der Waals surface area contributed by atoms with Crippen LogP contribution in [0.5, 0.6) is 0 Å². The first-order valence-corrected chi connectivity index (χ1v) is 19.4. The van der Waals surface area contributed by atoms with Crippen molar-refractivity contribution in [3.05, 3.63) is 50.9 Å². The van der Waals surface area contributed by atoms with Crippen LogP contribution < -0.4 is 0 Å². The number of benzene rings is 1. The van der Waals surface area contributed by atoms with Crippen LogP contribution in [0.3, 0.4) is 0 Å².